The van der Waals surface area contributed by atoms with Gasteiger partial charge in [0.2, 0.25) is 0 Å². The van der Waals surface area contributed by atoms with Gasteiger partial charge in [0.15, 0.2) is 5.75 Å². The van der Waals surface area contributed by atoms with Gasteiger partial charge >= 0.3 is 0 Å². The Balaban J connectivity index is 1.86. The second kappa shape index (κ2) is 9.88. The van der Waals surface area contributed by atoms with Crippen LogP contribution in [-0.4, -0.2) is 44.0 Å². The number of rotatable bonds is 7. The number of azo groups is 1. The van der Waals surface area contributed by atoms with Crippen molar-refractivity contribution in [3.63, 3.8) is 0 Å². The Morgan fingerprint density at radius 1 is 0.692 bits per heavy atom. The van der Waals surface area contributed by atoms with Crippen LogP contribution in [0.5, 0.6) is 5.75 Å². The van der Waals surface area contributed by atoms with Gasteiger partial charge in [0.25, 0.3) is 30.4 Å². The van der Waals surface area contributed by atoms with Gasteiger partial charge in [-0.2, -0.15) is 25.3 Å². The van der Waals surface area contributed by atoms with Gasteiger partial charge in [-0.1, -0.05) is 12.1 Å². The first kappa shape index (κ1) is 27.9. The third kappa shape index (κ3) is 6.14. The highest BCUT2D eigenvalue weighted by Crippen LogP contribution is 2.43. The molecular weight excluding hydrogens is 576 g/mol. The van der Waals surface area contributed by atoms with E-state index in [-0.39, 0.29) is 32.7 Å². The fraction of sp³-hybridized carbons (Fsp3) is 0. The van der Waals surface area contributed by atoms with Crippen LogP contribution in [0.3, 0.4) is 0 Å². The van der Waals surface area contributed by atoms with Gasteiger partial charge in [-0.3, -0.25) is 13.7 Å². The van der Waals surface area contributed by atoms with E-state index in [9.17, 15) is 44.0 Å². The zero-order valence-electron chi connectivity index (χ0n) is 19.3. The maximum atomic E-state index is 12.1. The van der Waals surface area contributed by atoms with Crippen molar-refractivity contribution in [3.05, 3.63) is 66.7 Å². The average molecular weight is 595 g/mol. The number of nitrogen functional groups attached to an aromatic ring is 1. The molecule has 17 heteroatoms. The molecular formula is C22H18N4O10S3. The molecule has 0 heterocycles. The van der Waals surface area contributed by atoms with Crippen molar-refractivity contribution >= 4 is 69.6 Å². The van der Waals surface area contributed by atoms with E-state index < -0.39 is 57.3 Å². The summed E-state index contributed by atoms with van der Waals surface area (Å²) >= 11 is 0. The van der Waals surface area contributed by atoms with E-state index in [4.69, 9.17) is 5.73 Å². The maximum absolute atomic E-state index is 12.1. The number of phenolic OH excluding ortho intramolecular Hbond substituents is 1. The van der Waals surface area contributed by atoms with Crippen LogP contribution in [0.1, 0.15) is 0 Å². The summed E-state index contributed by atoms with van der Waals surface area (Å²) in [5.41, 5.74) is 4.98. The Morgan fingerprint density at radius 2 is 1.36 bits per heavy atom. The van der Waals surface area contributed by atoms with Crippen LogP contribution >= 0.6 is 0 Å². The van der Waals surface area contributed by atoms with Crippen molar-refractivity contribution in [1.29, 1.82) is 0 Å². The van der Waals surface area contributed by atoms with E-state index >= 15 is 0 Å². The zero-order valence-corrected chi connectivity index (χ0v) is 21.7. The average Bonchev–Trinajstić information content (AvgIpc) is 2.82. The summed E-state index contributed by atoms with van der Waals surface area (Å²) in [4.78, 5) is -1.93. The second-order valence-electron chi connectivity index (χ2n) is 8.01. The van der Waals surface area contributed by atoms with Gasteiger partial charge in [0.05, 0.1) is 4.90 Å². The lowest BCUT2D eigenvalue weighted by Crippen LogP contribution is -2.00. The van der Waals surface area contributed by atoms with E-state index in [1.165, 1.54) is 42.5 Å². The van der Waals surface area contributed by atoms with Gasteiger partial charge in [-0.05, 0) is 60.0 Å². The van der Waals surface area contributed by atoms with Crippen LogP contribution in [0.4, 0.5) is 28.4 Å². The van der Waals surface area contributed by atoms with Crippen LogP contribution in [-0.2, 0) is 30.4 Å². The minimum Gasteiger partial charge on any atom is -0.505 e. The lowest BCUT2D eigenvalue weighted by Gasteiger charge is -2.12. The number of nitrogens with zero attached hydrogens (tertiary/aromatic N) is 2. The van der Waals surface area contributed by atoms with Crippen molar-refractivity contribution in [2.75, 3.05) is 11.1 Å². The van der Waals surface area contributed by atoms with Crippen molar-refractivity contribution in [1.82, 2.24) is 0 Å². The molecule has 0 aliphatic rings. The quantitative estimate of drug-likeness (QED) is 0.101. The standard InChI is InChI=1S/C22H18N4O10S3/c23-13-5-7-19(38(31,32)33)18(9-13)25-26-21-20(39(34,35)36)8-12-4-6-15(11-17(12)22(21)27)24-14-2-1-3-16(10-14)37(28,29)30/h1-11,24,27H,23H2,(H,28,29,30)(H,31,32,33)(H,34,35,36). The molecule has 0 saturated heterocycles. The van der Waals surface area contributed by atoms with E-state index in [0.29, 0.717) is 0 Å². The van der Waals surface area contributed by atoms with Crippen LogP contribution < -0.4 is 11.1 Å². The van der Waals surface area contributed by atoms with Crippen molar-refractivity contribution in [3.8, 4) is 5.75 Å². The third-order valence-corrected chi connectivity index (χ3v) is 7.89. The molecule has 0 aliphatic carbocycles. The fourth-order valence-electron chi connectivity index (χ4n) is 3.55. The predicted octanol–water partition coefficient (Wildman–Crippen LogP) is 4.03. The number of hydrogen-bond donors (Lipinski definition) is 6. The van der Waals surface area contributed by atoms with Gasteiger partial charge in [0, 0.05) is 22.4 Å². The summed E-state index contributed by atoms with van der Waals surface area (Å²) in [6, 6.07) is 13.5. The summed E-state index contributed by atoms with van der Waals surface area (Å²) in [5, 5.41) is 21.2. The molecule has 14 nitrogen and oxygen atoms in total. The van der Waals surface area contributed by atoms with Crippen LogP contribution in [0.15, 0.2) is 91.6 Å². The van der Waals surface area contributed by atoms with E-state index in [1.807, 2.05) is 0 Å². The summed E-state index contributed by atoms with van der Waals surface area (Å²) in [6.45, 7) is 0. The Morgan fingerprint density at radius 3 is 2.00 bits per heavy atom. The number of hydrogen-bond acceptors (Lipinski definition) is 11. The fourth-order valence-corrected chi connectivity index (χ4v) is 5.34. The van der Waals surface area contributed by atoms with Crippen molar-refractivity contribution in [2.24, 2.45) is 10.2 Å². The molecule has 0 atom stereocenters. The largest absolute Gasteiger partial charge is 0.505 e. The van der Waals surface area contributed by atoms with Crippen LogP contribution in [0.25, 0.3) is 10.8 Å². The minimum atomic E-state index is -4.98. The smallest absolute Gasteiger partial charge is 0.296 e. The Hall–Kier alpha value is -4.13. The molecule has 39 heavy (non-hydrogen) atoms. The minimum absolute atomic E-state index is 0.00913. The highest BCUT2D eigenvalue weighted by Gasteiger charge is 2.23. The van der Waals surface area contributed by atoms with E-state index in [2.05, 4.69) is 15.5 Å². The molecule has 0 radical (unpaired) electrons. The molecule has 0 spiro atoms. The molecule has 7 N–H and O–H groups in total. The SMILES string of the molecule is Nc1ccc(S(=O)(=O)O)c(N=Nc2c(S(=O)(=O)O)cc3ccc(Nc4cccc(S(=O)(=O)O)c4)cc3c2O)c1. The number of fused-ring (bicyclic) bond motifs is 1. The molecule has 0 saturated carbocycles. The predicted molar refractivity (Wildman–Crippen MR) is 140 cm³/mol. The van der Waals surface area contributed by atoms with Crippen molar-refractivity contribution in [2.45, 2.75) is 14.7 Å². The molecule has 0 amide bonds. The van der Waals surface area contributed by atoms with Gasteiger partial charge in [-0.15, -0.1) is 10.2 Å². The topological polar surface area (TPSA) is 246 Å². The first-order valence-corrected chi connectivity index (χ1v) is 14.8. The Labute approximate surface area is 221 Å². The number of anilines is 3. The lowest BCUT2D eigenvalue weighted by atomic mass is 10.1. The number of nitrogens with two attached hydrogens (primary N) is 1. The lowest BCUT2D eigenvalue weighted by molar-refractivity contribution is 0.472. The Bertz CT molecular complexity index is 1990. The monoisotopic (exact) mass is 594 g/mol. The highest BCUT2D eigenvalue weighted by atomic mass is 32.2. The number of benzene rings is 4. The molecule has 0 aromatic heterocycles. The molecule has 4 rings (SSSR count). The van der Waals surface area contributed by atoms with E-state index in [0.717, 1.165) is 24.3 Å². The van der Waals surface area contributed by atoms with Crippen LogP contribution in [0.2, 0.25) is 0 Å². The van der Waals surface area contributed by atoms with Gasteiger partial charge in [-0.25, -0.2) is 0 Å². The number of phenols is 1. The van der Waals surface area contributed by atoms with Gasteiger partial charge < -0.3 is 16.2 Å². The zero-order chi connectivity index (χ0) is 28.8. The number of nitrogens with one attached hydrogen (secondary N) is 1. The third-order valence-electron chi connectivity index (χ3n) is 5.27. The molecule has 0 bridgehead atoms. The summed E-state index contributed by atoms with van der Waals surface area (Å²) in [5.74, 6) is -0.767. The molecule has 4 aromatic carbocycles. The normalized spacial score (nSPS) is 12.7. The van der Waals surface area contributed by atoms with Gasteiger partial charge in [0.1, 0.15) is 21.2 Å². The summed E-state index contributed by atoms with van der Waals surface area (Å²) in [7, 11) is -14.2. The second-order valence-corrected chi connectivity index (χ2v) is 12.2. The molecule has 0 unspecified atom stereocenters. The molecule has 0 fully saturated rings. The Kier molecular flexibility index (Phi) is 7.06. The summed E-state index contributed by atoms with van der Waals surface area (Å²) < 4.78 is 98.8. The van der Waals surface area contributed by atoms with Crippen molar-refractivity contribution < 1.29 is 44.0 Å². The first-order chi connectivity index (χ1) is 18.0. The summed E-state index contributed by atoms with van der Waals surface area (Å²) in [6.07, 6.45) is 0. The number of aromatic hydroxyl groups is 1. The molecule has 4 aromatic rings. The maximum Gasteiger partial charge on any atom is 0.296 e. The highest BCUT2D eigenvalue weighted by molar-refractivity contribution is 7.86. The molecule has 204 valence electrons. The molecule has 0 aliphatic heterocycles. The first-order valence-electron chi connectivity index (χ1n) is 10.4. The van der Waals surface area contributed by atoms with Crippen LogP contribution in [0, 0.1) is 0 Å². The van der Waals surface area contributed by atoms with E-state index in [1.54, 1.807) is 0 Å².